The molecule has 0 radical (unpaired) electrons. The number of aromatic amines is 2. The van der Waals surface area contributed by atoms with Crippen LogP contribution in [0.4, 0.5) is 0 Å². The average Bonchev–Trinajstić information content (AvgIpc) is 3.30. The van der Waals surface area contributed by atoms with Gasteiger partial charge in [0.2, 0.25) is 0 Å². The summed E-state index contributed by atoms with van der Waals surface area (Å²) in [5, 5.41) is 6.82. The van der Waals surface area contributed by atoms with E-state index in [1.807, 2.05) is 42.6 Å². The van der Waals surface area contributed by atoms with Crippen LogP contribution in [0.1, 0.15) is 11.9 Å². The zero-order valence-electron chi connectivity index (χ0n) is 12.7. The van der Waals surface area contributed by atoms with Crippen LogP contribution < -0.4 is 9.47 Å². The Bertz CT molecular complexity index is 1010. The number of rotatable bonds is 2. The molecule has 0 amide bonds. The molecule has 2 aromatic heterocycles. The van der Waals surface area contributed by atoms with Crippen molar-refractivity contribution >= 4 is 11.0 Å². The molecule has 0 saturated heterocycles. The summed E-state index contributed by atoms with van der Waals surface area (Å²) in [4.78, 5) is 8.00. The molecular formula is C18H14N4O2. The van der Waals surface area contributed by atoms with Crippen molar-refractivity contribution in [2.24, 2.45) is 0 Å². The lowest BCUT2D eigenvalue weighted by molar-refractivity contribution is 0.0859. The number of benzene rings is 2. The van der Waals surface area contributed by atoms with E-state index >= 15 is 0 Å². The maximum absolute atomic E-state index is 6.02. The van der Waals surface area contributed by atoms with Crippen LogP contribution in [0.3, 0.4) is 0 Å². The number of aromatic nitrogens is 4. The highest BCUT2D eigenvalue weighted by atomic mass is 16.6. The molecule has 5 rings (SSSR count). The summed E-state index contributed by atoms with van der Waals surface area (Å²) in [7, 11) is 0. The van der Waals surface area contributed by atoms with Crippen molar-refractivity contribution in [3.05, 3.63) is 60.7 Å². The molecule has 118 valence electrons. The Balaban J connectivity index is 1.50. The van der Waals surface area contributed by atoms with Crippen molar-refractivity contribution in [1.82, 2.24) is 20.2 Å². The smallest absolute Gasteiger partial charge is 0.190 e. The molecule has 24 heavy (non-hydrogen) atoms. The summed E-state index contributed by atoms with van der Waals surface area (Å²) in [5.41, 5.74) is 3.99. The number of fused-ring (bicyclic) bond motifs is 2. The first-order valence-corrected chi connectivity index (χ1v) is 7.74. The quantitative estimate of drug-likeness (QED) is 0.593. The van der Waals surface area contributed by atoms with E-state index in [9.17, 15) is 0 Å². The van der Waals surface area contributed by atoms with E-state index in [1.54, 1.807) is 6.20 Å². The Hall–Kier alpha value is -3.28. The fourth-order valence-electron chi connectivity index (χ4n) is 2.92. The normalized spacial score (nSPS) is 16.4. The molecule has 6 nitrogen and oxygen atoms in total. The number of hydrogen-bond acceptors (Lipinski definition) is 4. The van der Waals surface area contributed by atoms with Crippen LogP contribution in [0.15, 0.2) is 54.9 Å². The predicted octanol–water partition coefficient (Wildman–Crippen LogP) is 3.47. The van der Waals surface area contributed by atoms with Crippen molar-refractivity contribution in [3.63, 3.8) is 0 Å². The highest BCUT2D eigenvalue weighted by molar-refractivity contribution is 5.81. The number of nitrogens with zero attached hydrogens (tertiary/aromatic N) is 2. The van der Waals surface area contributed by atoms with Crippen LogP contribution in [0, 0.1) is 0 Å². The van der Waals surface area contributed by atoms with Gasteiger partial charge < -0.3 is 14.5 Å². The zero-order chi connectivity index (χ0) is 15.9. The van der Waals surface area contributed by atoms with Gasteiger partial charge in [-0.3, -0.25) is 5.10 Å². The van der Waals surface area contributed by atoms with Crippen LogP contribution >= 0.6 is 0 Å². The van der Waals surface area contributed by atoms with Crippen LogP contribution in [0.5, 0.6) is 11.5 Å². The van der Waals surface area contributed by atoms with Crippen molar-refractivity contribution in [2.45, 2.75) is 6.10 Å². The average molecular weight is 318 g/mol. The number of hydrogen-bond donors (Lipinski definition) is 2. The van der Waals surface area contributed by atoms with Gasteiger partial charge in [-0.2, -0.15) is 5.10 Å². The van der Waals surface area contributed by atoms with Crippen LogP contribution in [-0.2, 0) is 0 Å². The second kappa shape index (κ2) is 5.13. The third-order valence-corrected chi connectivity index (χ3v) is 4.15. The van der Waals surface area contributed by atoms with E-state index in [0.29, 0.717) is 6.61 Å². The molecule has 2 N–H and O–H groups in total. The minimum absolute atomic E-state index is 0.246. The number of para-hydroxylation sites is 2. The van der Waals surface area contributed by atoms with Crippen molar-refractivity contribution in [3.8, 4) is 22.6 Å². The topological polar surface area (TPSA) is 75.8 Å². The van der Waals surface area contributed by atoms with Gasteiger partial charge in [-0.15, -0.1) is 0 Å². The maximum atomic E-state index is 6.02. The van der Waals surface area contributed by atoms with Gasteiger partial charge in [0.05, 0.1) is 17.2 Å². The Morgan fingerprint density at radius 1 is 1.04 bits per heavy atom. The lowest BCUT2D eigenvalue weighted by atomic mass is 10.1. The predicted molar refractivity (Wildman–Crippen MR) is 89.0 cm³/mol. The Kier molecular flexibility index (Phi) is 2.82. The highest BCUT2D eigenvalue weighted by Crippen LogP contribution is 2.35. The van der Waals surface area contributed by atoms with Gasteiger partial charge in [-0.25, -0.2) is 4.98 Å². The summed E-state index contributed by atoms with van der Waals surface area (Å²) in [6.45, 7) is 0.436. The second-order valence-electron chi connectivity index (χ2n) is 5.71. The van der Waals surface area contributed by atoms with E-state index in [0.717, 1.165) is 39.5 Å². The zero-order valence-corrected chi connectivity index (χ0v) is 12.7. The van der Waals surface area contributed by atoms with E-state index in [2.05, 4.69) is 26.2 Å². The van der Waals surface area contributed by atoms with E-state index in [4.69, 9.17) is 9.47 Å². The van der Waals surface area contributed by atoms with E-state index in [-0.39, 0.29) is 6.10 Å². The molecule has 6 heteroatoms. The molecule has 2 aromatic carbocycles. The maximum Gasteiger partial charge on any atom is 0.190 e. The number of nitrogens with one attached hydrogen (secondary N) is 2. The molecule has 0 bridgehead atoms. The number of H-pyrrole nitrogens is 2. The summed E-state index contributed by atoms with van der Waals surface area (Å²) in [6, 6.07) is 13.8. The Morgan fingerprint density at radius 3 is 2.83 bits per heavy atom. The SMILES string of the molecule is c1ccc2c(c1)OCC(c1nc3ccc(-c4cn[nH]c4)cc3[nH]1)O2. The molecule has 0 aliphatic carbocycles. The third-order valence-electron chi connectivity index (χ3n) is 4.15. The van der Waals surface area contributed by atoms with Gasteiger partial charge in [-0.05, 0) is 29.8 Å². The summed E-state index contributed by atoms with van der Waals surface area (Å²) >= 11 is 0. The summed E-state index contributed by atoms with van der Waals surface area (Å²) < 4.78 is 11.8. The second-order valence-corrected chi connectivity index (χ2v) is 5.71. The summed E-state index contributed by atoms with van der Waals surface area (Å²) in [5.74, 6) is 2.28. The van der Waals surface area contributed by atoms with Gasteiger partial charge >= 0.3 is 0 Å². The minimum Gasteiger partial charge on any atom is -0.485 e. The van der Waals surface area contributed by atoms with Crippen LogP contribution in [-0.4, -0.2) is 26.8 Å². The largest absolute Gasteiger partial charge is 0.485 e. The van der Waals surface area contributed by atoms with Gasteiger partial charge in [0.25, 0.3) is 0 Å². The summed E-state index contributed by atoms with van der Waals surface area (Å²) in [6.07, 6.45) is 3.42. The first kappa shape index (κ1) is 13.2. The van der Waals surface area contributed by atoms with Crippen molar-refractivity contribution in [1.29, 1.82) is 0 Å². The molecule has 0 fully saturated rings. The molecule has 1 aliphatic heterocycles. The van der Waals surface area contributed by atoms with Gasteiger partial charge in [-0.1, -0.05) is 18.2 Å². The molecule has 0 saturated carbocycles. The highest BCUT2D eigenvalue weighted by Gasteiger charge is 2.25. The van der Waals surface area contributed by atoms with Gasteiger partial charge in [0, 0.05) is 11.8 Å². The van der Waals surface area contributed by atoms with Crippen LogP contribution in [0.2, 0.25) is 0 Å². The first-order chi connectivity index (χ1) is 11.9. The number of ether oxygens (including phenoxy) is 2. The molecule has 1 atom stereocenters. The van der Waals surface area contributed by atoms with E-state index in [1.165, 1.54) is 0 Å². The van der Waals surface area contributed by atoms with Gasteiger partial charge in [0.1, 0.15) is 6.61 Å². The van der Waals surface area contributed by atoms with Gasteiger partial charge in [0.15, 0.2) is 23.4 Å². The lowest BCUT2D eigenvalue weighted by Crippen LogP contribution is -2.22. The molecule has 3 heterocycles. The minimum atomic E-state index is -0.246. The van der Waals surface area contributed by atoms with Crippen LogP contribution in [0.25, 0.3) is 22.2 Å². The van der Waals surface area contributed by atoms with Crippen molar-refractivity contribution in [2.75, 3.05) is 6.61 Å². The standard InChI is InChI=1S/C18H14N4O2/c1-2-4-16-15(3-1)23-10-17(24-16)18-21-13-6-5-11(7-14(13)22-18)12-8-19-20-9-12/h1-9,17H,10H2,(H,19,20)(H,21,22). The fourth-order valence-corrected chi connectivity index (χ4v) is 2.92. The Labute approximate surface area is 137 Å². The van der Waals surface area contributed by atoms with E-state index < -0.39 is 0 Å². The molecular weight excluding hydrogens is 304 g/mol. The van der Waals surface area contributed by atoms with Crippen molar-refractivity contribution < 1.29 is 9.47 Å². The lowest BCUT2D eigenvalue weighted by Gasteiger charge is -2.24. The first-order valence-electron chi connectivity index (χ1n) is 7.74. The molecule has 0 spiro atoms. The number of imidazole rings is 1. The monoisotopic (exact) mass is 318 g/mol. The molecule has 4 aromatic rings. The molecule has 1 aliphatic rings. The molecule has 1 unspecified atom stereocenters. The fraction of sp³-hybridized carbons (Fsp3) is 0.111. The Morgan fingerprint density at radius 2 is 1.96 bits per heavy atom. The third kappa shape index (κ3) is 2.11.